The Bertz CT molecular complexity index is 518. The van der Waals surface area contributed by atoms with Gasteiger partial charge in [-0.3, -0.25) is 4.98 Å². The predicted octanol–water partition coefficient (Wildman–Crippen LogP) is 1.16. The number of pyridine rings is 1. The molecule has 1 heterocycles. The van der Waals surface area contributed by atoms with Crippen LogP contribution in [0.2, 0.25) is 0 Å². The fourth-order valence-corrected chi connectivity index (χ4v) is 4.19. The SMILES string of the molecule is CN(C1CCCCC1N)S(=O)(=O)CCc1ccncc1. The number of aryl methyl sites for hydroxylation is 1. The van der Waals surface area contributed by atoms with Crippen molar-refractivity contribution in [2.24, 2.45) is 5.73 Å². The Labute approximate surface area is 121 Å². The van der Waals surface area contributed by atoms with Crippen LogP contribution in [0.25, 0.3) is 0 Å². The number of aromatic nitrogens is 1. The van der Waals surface area contributed by atoms with Gasteiger partial charge in [-0.1, -0.05) is 12.8 Å². The van der Waals surface area contributed by atoms with Gasteiger partial charge in [0.2, 0.25) is 10.0 Å². The molecule has 6 heteroatoms. The first-order valence-corrected chi connectivity index (χ1v) is 8.72. The molecule has 0 radical (unpaired) electrons. The van der Waals surface area contributed by atoms with Crippen LogP contribution in [0.4, 0.5) is 0 Å². The minimum absolute atomic E-state index is 0.0375. The average molecular weight is 297 g/mol. The molecule has 20 heavy (non-hydrogen) atoms. The summed E-state index contributed by atoms with van der Waals surface area (Å²) < 4.78 is 26.3. The lowest BCUT2D eigenvalue weighted by Crippen LogP contribution is -2.50. The Morgan fingerprint density at radius 3 is 2.60 bits per heavy atom. The third-order valence-electron chi connectivity index (χ3n) is 4.09. The van der Waals surface area contributed by atoms with Crippen LogP contribution >= 0.6 is 0 Å². The van der Waals surface area contributed by atoms with Crippen molar-refractivity contribution in [1.82, 2.24) is 9.29 Å². The van der Waals surface area contributed by atoms with E-state index < -0.39 is 10.0 Å². The summed E-state index contributed by atoms with van der Waals surface area (Å²) in [5.41, 5.74) is 7.06. The van der Waals surface area contributed by atoms with E-state index in [2.05, 4.69) is 4.98 Å². The van der Waals surface area contributed by atoms with Crippen molar-refractivity contribution in [3.8, 4) is 0 Å². The average Bonchev–Trinajstić information content (AvgIpc) is 2.46. The van der Waals surface area contributed by atoms with Gasteiger partial charge in [0.1, 0.15) is 0 Å². The molecule has 2 unspecified atom stereocenters. The highest BCUT2D eigenvalue weighted by Crippen LogP contribution is 2.23. The Kier molecular flexibility index (Phi) is 5.12. The van der Waals surface area contributed by atoms with Gasteiger partial charge < -0.3 is 5.73 Å². The maximum absolute atomic E-state index is 12.4. The van der Waals surface area contributed by atoms with Crippen LogP contribution < -0.4 is 5.73 Å². The largest absolute Gasteiger partial charge is 0.326 e. The molecular weight excluding hydrogens is 274 g/mol. The Morgan fingerprint density at radius 1 is 1.30 bits per heavy atom. The Balaban J connectivity index is 1.98. The van der Waals surface area contributed by atoms with Crippen LogP contribution in [0.1, 0.15) is 31.2 Å². The van der Waals surface area contributed by atoms with Gasteiger partial charge in [-0.25, -0.2) is 12.7 Å². The lowest BCUT2D eigenvalue weighted by atomic mass is 9.91. The molecule has 1 aliphatic rings. The molecule has 2 atom stereocenters. The molecule has 1 aromatic heterocycles. The maximum Gasteiger partial charge on any atom is 0.214 e. The lowest BCUT2D eigenvalue weighted by Gasteiger charge is -2.35. The van der Waals surface area contributed by atoms with E-state index in [1.165, 1.54) is 4.31 Å². The minimum Gasteiger partial charge on any atom is -0.326 e. The zero-order valence-corrected chi connectivity index (χ0v) is 12.7. The number of likely N-dealkylation sites (N-methyl/N-ethyl adjacent to an activating group) is 1. The second kappa shape index (κ2) is 6.65. The van der Waals surface area contributed by atoms with E-state index in [9.17, 15) is 8.42 Å². The van der Waals surface area contributed by atoms with Crippen LogP contribution in [-0.2, 0) is 16.4 Å². The van der Waals surface area contributed by atoms with Gasteiger partial charge in [-0.15, -0.1) is 0 Å². The first-order chi connectivity index (χ1) is 9.50. The summed E-state index contributed by atoms with van der Waals surface area (Å²) in [6.07, 6.45) is 7.81. The Hall–Kier alpha value is -0.980. The summed E-state index contributed by atoms with van der Waals surface area (Å²) >= 11 is 0. The summed E-state index contributed by atoms with van der Waals surface area (Å²) in [6, 6.07) is 3.61. The highest BCUT2D eigenvalue weighted by Gasteiger charge is 2.32. The van der Waals surface area contributed by atoms with E-state index >= 15 is 0 Å². The molecule has 1 aliphatic carbocycles. The fraction of sp³-hybridized carbons (Fsp3) is 0.643. The van der Waals surface area contributed by atoms with Gasteiger partial charge in [-0.2, -0.15) is 0 Å². The third kappa shape index (κ3) is 3.77. The van der Waals surface area contributed by atoms with E-state index in [0.29, 0.717) is 6.42 Å². The molecule has 0 bridgehead atoms. The Morgan fingerprint density at radius 2 is 1.95 bits per heavy atom. The molecule has 0 amide bonds. The van der Waals surface area contributed by atoms with Crippen LogP contribution in [-0.4, -0.2) is 42.6 Å². The fourth-order valence-electron chi connectivity index (χ4n) is 2.74. The normalized spacial score (nSPS) is 23.9. The lowest BCUT2D eigenvalue weighted by molar-refractivity contribution is 0.252. The van der Waals surface area contributed by atoms with Gasteiger partial charge in [0, 0.05) is 31.5 Å². The molecule has 0 saturated heterocycles. The van der Waals surface area contributed by atoms with Crippen molar-refractivity contribution in [2.75, 3.05) is 12.8 Å². The zero-order valence-electron chi connectivity index (χ0n) is 11.9. The van der Waals surface area contributed by atoms with Crippen molar-refractivity contribution in [1.29, 1.82) is 0 Å². The van der Waals surface area contributed by atoms with Crippen LogP contribution in [0.5, 0.6) is 0 Å². The van der Waals surface area contributed by atoms with Gasteiger partial charge in [-0.05, 0) is 37.0 Å². The second-order valence-electron chi connectivity index (χ2n) is 5.45. The first kappa shape index (κ1) is 15.4. The third-order valence-corrected chi connectivity index (χ3v) is 5.95. The highest BCUT2D eigenvalue weighted by atomic mass is 32.2. The molecule has 112 valence electrons. The number of sulfonamides is 1. The topological polar surface area (TPSA) is 76.3 Å². The van der Waals surface area contributed by atoms with E-state index in [0.717, 1.165) is 31.2 Å². The van der Waals surface area contributed by atoms with Gasteiger partial charge in [0.15, 0.2) is 0 Å². The van der Waals surface area contributed by atoms with Crippen molar-refractivity contribution in [3.63, 3.8) is 0 Å². The molecular formula is C14H23N3O2S. The monoisotopic (exact) mass is 297 g/mol. The molecule has 0 spiro atoms. The quantitative estimate of drug-likeness (QED) is 0.884. The predicted molar refractivity (Wildman–Crippen MR) is 79.7 cm³/mol. The summed E-state index contributed by atoms with van der Waals surface area (Å²) in [5, 5.41) is 0. The van der Waals surface area contributed by atoms with E-state index in [1.807, 2.05) is 12.1 Å². The van der Waals surface area contributed by atoms with Crippen molar-refractivity contribution in [2.45, 2.75) is 44.2 Å². The summed E-state index contributed by atoms with van der Waals surface area (Å²) in [5.74, 6) is 0.122. The molecule has 1 saturated carbocycles. The molecule has 5 nitrogen and oxygen atoms in total. The van der Waals surface area contributed by atoms with Crippen LogP contribution in [0.15, 0.2) is 24.5 Å². The van der Waals surface area contributed by atoms with Crippen molar-refractivity contribution >= 4 is 10.0 Å². The molecule has 1 fully saturated rings. The zero-order chi connectivity index (χ0) is 14.6. The number of nitrogens with zero attached hydrogens (tertiary/aromatic N) is 2. The number of nitrogens with two attached hydrogens (primary N) is 1. The standard InChI is InChI=1S/C14H23N3O2S/c1-17(14-5-3-2-4-13(14)15)20(18,19)11-8-12-6-9-16-10-7-12/h6-7,9-10,13-14H,2-5,8,11,15H2,1H3. The molecule has 1 aromatic rings. The van der Waals surface area contributed by atoms with Crippen LogP contribution in [0.3, 0.4) is 0 Å². The molecule has 2 N–H and O–H groups in total. The number of hydrogen-bond acceptors (Lipinski definition) is 4. The van der Waals surface area contributed by atoms with Crippen molar-refractivity contribution < 1.29 is 8.42 Å². The molecule has 0 aliphatic heterocycles. The minimum atomic E-state index is -3.26. The number of hydrogen-bond donors (Lipinski definition) is 1. The van der Waals surface area contributed by atoms with E-state index in [-0.39, 0.29) is 17.8 Å². The van der Waals surface area contributed by atoms with Crippen LogP contribution in [0, 0.1) is 0 Å². The van der Waals surface area contributed by atoms with Gasteiger partial charge in [0.25, 0.3) is 0 Å². The van der Waals surface area contributed by atoms with E-state index in [1.54, 1.807) is 19.4 Å². The van der Waals surface area contributed by atoms with Crippen molar-refractivity contribution in [3.05, 3.63) is 30.1 Å². The summed E-state index contributed by atoms with van der Waals surface area (Å²) in [4.78, 5) is 3.93. The van der Waals surface area contributed by atoms with Gasteiger partial charge >= 0.3 is 0 Å². The summed E-state index contributed by atoms with van der Waals surface area (Å²) in [6.45, 7) is 0. The summed E-state index contributed by atoms with van der Waals surface area (Å²) in [7, 11) is -1.59. The first-order valence-electron chi connectivity index (χ1n) is 7.11. The van der Waals surface area contributed by atoms with Gasteiger partial charge in [0.05, 0.1) is 5.75 Å². The second-order valence-corrected chi connectivity index (χ2v) is 7.60. The number of rotatable bonds is 5. The molecule has 0 aromatic carbocycles. The molecule has 2 rings (SSSR count). The maximum atomic E-state index is 12.4. The van der Waals surface area contributed by atoms with E-state index in [4.69, 9.17) is 5.73 Å². The smallest absolute Gasteiger partial charge is 0.214 e. The highest BCUT2D eigenvalue weighted by molar-refractivity contribution is 7.89.